The number of phenols is 1. The van der Waals surface area contributed by atoms with Crippen molar-refractivity contribution in [3.05, 3.63) is 77.4 Å². The highest BCUT2D eigenvalue weighted by molar-refractivity contribution is 6.18. The molecule has 0 aliphatic carbocycles. The van der Waals surface area contributed by atoms with Crippen molar-refractivity contribution in [3.63, 3.8) is 0 Å². The summed E-state index contributed by atoms with van der Waals surface area (Å²) < 4.78 is 10.9. The zero-order valence-electron chi connectivity index (χ0n) is 18.4. The SMILES string of the molecule is COc1ccc2c(c1OC)C(=O)N1c3ccccc3C(=O)N(CC(=O)Nc3cccc(O)c3)[C@H]21. The third kappa shape index (κ3) is 3.21. The molecule has 9 nitrogen and oxygen atoms in total. The minimum absolute atomic E-state index is 0.00307. The molecule has 0 saturated carbocycles. The number of fused-ring (bicyclic) bond motifs is 5. The Balaban J connectivity index is 1.59. The maximum Gasteiger partial charge on any atom is 0.264 e. The number of nitrogens with zero attached hydrogens (tertiary/aromatic N) is 2. The lowest BCUT2D eigenvalue weighted by Crippen LogP contribution is -2.50. The molecule has 0 spiro atoms. The molecule has 9 heteroatoms. The number of methoxy groups -OCH3 is 2. The van der Waals surface area contributed by atoms with Crippen LogP contribution >= 0.6 is 0 Å². The van der Waals surface area contributed by atoms with Gasteiger partial charge in [-0.25, -0.2) is 0 Å². The number of anilines is 2. The van der Waals surface area contributed by atoms with E-state index in [2.05, 4.69) is 5.32 Å². The average molecular weight is 459 g/mol. The fraction of sp³-hybridized carbons (Fsp3) is 0.160. The molecule has 0 bridgehead atoms. The van der Waals surface area contributed by atoms with Crippen LogP contribution in [0.5, 0.6) is 17.2 Å². The maximum absolute atomic E-state index is 13.6. The highest BCUT2D eigenvalue weighted by Crippen LogP contribution is 2.49. The summed E-state index contributed by atoms with van der Waals surface area (Å²) >= 11 is 0. The van der Waals surface area contributed by atoms with Crippen LogP contribution in [0.2, 0.25) is 0 Å². The zero-order valence-corrected chi connectivity index (χ0v) is 18.4. The quantitative estimate of drug-likeness (QED) is 0.607. The zero-order chi connectivity index (χ0) is 24.0. The molecule has 1 atom stereocenters. The van der Waals surface area contributed by atoms with Gasteiger partial charge in [-0.1, -0.05) is 24.3 Å². The minimum atomic E-state index is -0.834. The second kappa shape index (κ2) is 8.11. The number of hydrogen-bond acceptors (Lipinski definition) is 6. The van der Waals surface area contributed by atoms with Crippen molar-refractivity contribution in [2.45, 2.75) is 6.17 Å². The third-order valence-corrected chi connectivity index (χ3v) is 5.93. The number of amides is 3. The Morgan fingerprint density at radius 3 is 2.53 bits per heavy atom. The first-order valence-corrected chi connectivity index (χ1v) is 10.5. The predicted molar refractivity (Wildman–Crippen MR) is 123 cm³/mol. The Labute approximate surface area is 195 Å². The summed E-state index contributed by atoms with van der Waals surface area (Å²) in [4.78, 5) is 42.9. The van der Waals surface area contributed by atoms with Gasteiger partial charge in [0.2, 0.25) is 5.91 Å². The molecule has 3 aromatic carbocycles. The lowest BCUT2D eigenvalue weighted by molar-refractivity contribution is -0.117. The van der Waals surface area contributed by atoms with E-state index in [1.54, 1.807) is 48.5 Å². The second-order valence-corrected chi connectivity index (χ2v) is 7.86. The van der Waals surface area contributed by atoms with Crippen LogP contribution < -0.4 is 19.7 Å². The molecule has 2 aliphatic heterocycles. The van der Waals surface area contributed by atoms with E-state index in [4.69, 9.17) is 9.47 Å². The van der Waals surface area contributed by atoms with Crippen LogP contribution in [0.25, 0.3) is 0 Å². The summed E-state index contributed by atoms with van der Waals surface area (Å²) in [7, 11) is 2.93. The third-order valence-electron chi connectivity index (χ3n) is 5.93. The van der Waals surface area contributed by atoms with Crippen molar-refractivity contribution in [2.24, 2.45) is 0 Å². The Hall–Kier alpha value is -4.53. The number of hydrogen-bond donors (Lipinski definition) is 2. The Morgan fingerprint density at radius 1 is 1.00 bits per heavy atom. The molecule has 3 amide bonds. The number of rotatable bonds is 5. The Morgan fingerprint density at radius 2 is 1.79 bits per heavy atom. The topological polar surface area (TPSA) is 108 Å². The number of nitrogens with one attached hydrogen (secondary N) is 1. The van der Waals surface area contributed by atoms with E-state index in [9.17, 15) is 19.5 Å². The molecule has 3 aromatic rings. The van der Waals surface area contributed by atoms with E-state index < -0.39 is 12.1 Å². The molecule has 0 unspecified atom stereocenters. The van der Waals surface area contributed by atoms with Crippen LogP contribution in [0, 0.1) is 0 Å². The van der Waals surface area contributed by atoms with Gasteiger partial charge in [-0.15, -0.1) is 0 Å². The van der Waals surface area contributed by atoms with Crippen molar-refractivity contribution >= 4 is 29.1 Å². The van der Waals surface area contributed by atoms with Crippen molar-refractivity contribution in [1.29, 1.82) is 0 Å². The van der Waals surface area contributed by atoms with Gasteiger partial charge < -0.3 is 24.8 Å². The fourth-order valence-electron chi connectivity index (χ4n) is 4.52. The summed E-state index contributed by atoms with van der Waals surface area (Å²) in [6, 6.07) is 16.3. The van der Waals surface area contributed by atoms with Crippen LogP contribution in [0.4, 0.5) is 11.4 Å². The number of ether oxygens (including phenoxy) is 2. The highest BCUT2D eigenvalue weighted by atomic mass is 16.5. The summed E-state index contributed by atoms with van der Waals surface area (Å²) in [5.41, 5.74) is 1.99. The predicted octanol–water partition coefficient (Wildman–Crippen LogP) is 3.16. The number of benzene rings is 3. The standard InChI is InChI=1S/C25H21N3O6/c1-33-19-11-10-17-21(22(19)34-2)25(32)28-18-9-4-3-8-16(18)24(31)27(23(17)28)13-20(30)26-14-6-5-7-15(29)12-14/h3-12,23,29H,13H2,1-2H3,(H,26,30)/t23-/m0/s1. The van der Waals surface area contributed by atoms with Crippen molar-refractivity contribution in [1.82, 2.24) is 4.90 Å². The molecule has 2 aliphatic rings. The number of carbonyl (C=O) groups is 3. The molecule has 0 saturated heterocycles. The number of para-hydroxylation sites is 1. The van der Waals surface area contributed by atoms with Gasteiger partial charge in [0.05, 0.1) is 31.0 Å². The van der Waals surface area contributed by atoms with Crippen molar-refractivity contribution in [3.8, 4) is 17.2 Å². The largest absolute Gasteiger partial charge is 0.508 e. The van der Waals surface area contributed by atoms with E-state index >= 15 is 0 Å². The summed E-state index contributed by atoms with van der Waals surface area (Å²) in [5, 5.41) is 12.4. The molecular formula is C25H21N3O6. The minimum Gasteiger partial charge on any atom is -0.508 e. The van der Waals surface area contributed by atoms with Gasteiger partial charge in [-0.2, -0.15) is 0 Å². The summed E-state index contributed by atoms with van der Waals surface area (Å²) in [6.07, 6.45) is -0.834. The first-order chi connectivity index (χ1) is 16.4. The van der Waals surface area contributed by atoms with Gasteiger partial charge in [0.1, 0.15) is 18.5 Å². The smallest absolute Gasteiger partial charge is 0.264 e. The first kappa shape index (κ1) is 21.3. The first-order valence-electron chi connectivity index (χ1n) is 10.5. The van der Waals surface area contributed by atoms with Gasteiger partial charge in [0.15, 0.2) is 11.5 Å². The monoisotopic (exact) mass is 459 g/mol. The number of aromatic hydroxyl groups is 1. The van der Waals surface area contributed by atoms with Crippen molar-refractivity contribution in [2.75, 3.05) is 31.0 Å². The number of carbonyl (C=O) groups excluding carboxylic acids is 3. The Bertz CT molecular complexity index is 1340. The van der Waals surface area contributed by atoms with E-state index in [-0.39, 0.29) is 35.4 Å². The summed E-state index contributed by atoms with van der Waals surface area (Å²) in [5.74, 6) is -0.536. The van der Waals surface area contributed by atoms with Gasteiger partial charge in [-0.3, -0.25) is 19.3 Å². The number of phenolic OH excluding ortho intramolecular Hbond substituents is 1. The van der Waals surface area contributed by atoms with E-state index in [0.29, 0.717) is 28.3 Å². The molecule has 2 N–H and O–H groups in total. The molecule has 34 heavy (non-hydrogen) atoms. The molecular weight excluding hydrogens is 438 g/mol. The van der Waals surface area contributed by atoms with Gasteiger partial charge >= 0.3 is 0 Å². The fourth-order valence-corrected chi connectivity index (χ4v) is 4.52. The van der Waals surface area contributed by atoms with Crippen LogP contribution in [0.1, 0.15) is 32.4 Å². The molecule has 0 aromatic heterocycles. The molecule has 2 heterocycles. The van der Waals surface area contributed by atoms with Crippen LogP contribution in [-0.4, -0.2) is 48.5 Å². The van der Waals surface area contributed by atoms with Crippen LogP contribution in [-0.2, 0) is 4.79 Å². The van der Waals surface area contributed by atoms with E-state index in [0.717, 1.165) is 0 Å². The molecule has 5 rings (SSSR count). The van der Waals surface area contributed by atoms with Gasteiger partial charge in [0, 0.05) is 17.3 Å². The Kier molecular flexibility index (Phi) is 5.09. The average Bonchev–Trinajstić information content (AvgIpc) is 3.13. The summed E-state index contributed by atoms with van der Waals surface area (Å²) in [6.45, 7) is -0.314. The lowest BCUT2D eigenvalue weighted by Gasteiger charge is -2.40. The molecule has 172 valence electrons. The van der Waals surface area contributed by atoms with E-state index in [1.807, 2.05) is 0 Å². The molecule has 0 fully saturated rings. The van der Waals surface area contributed by atoms with Crippen LogP contribution in [0.15, 0.2) is 60.7 Å². The highest BCUT2D eigenvalue weighted by Gasteiger charge is 2.50. The second-order valence-electron chi connectivity index (χ2n) is 7.86. The van der Waals surface area contributed by atoms with Crippen molar-refractivity contribution < 1.29 is 29.0 Å². The van der Waals surface area contributed by atoms with Crippen LogP contribution in [0.3, 0.4) is 0 Å². The van der Waals surface area contributed by atoms with Gasteiger partial charge in [-0.05, 0) is 30.3 Å². The lowest BCUT2D eigenvalue weighted by atomic mass is 10.0. The normalized spacial score (nSPS) is 16.0. The van der Waals surface area contributed by atoms with Gasteiger partial charge in [0.25, 0.3) is 11.8 Å². The molecule has 0 radical (unpaired) electrons. The maximum atomic E-state index is 13.6. The van der Waals surface area contributed by atoms with E-state index in [1.165, 1.54) is 36.2 Å².